The Morgan fingerprint density at radius 2 is 2.08 bits per heavy atom. The fraction of sp³-hybridized carbons (Fsp3) is 0.368. The largest absolute Gasteiger partial charge is 0.508 e. The quantitative estimate of drug-likeness (QED) is 0.719. The van der Waals surface area contributed by atoms with Gasteiger partial charge in [0.25, 0.3) is 0 Å². The van der Waals surface area contributed by atoms with Crippen molar-refractivity contribution >= 4 is 20.4 Å². The number of ether oxygens (including phenoxy) is 1. The Morgan fingerprint density at radius 3 is 2.79 bits per heavy atom. The van der Waals surface area contributed by atoms with Crippen LogP contribution in [0.1, 0.15) is 54.4 Å². The van der Waals surface area contributed by atoms with Gasteiger partial charge in [-0.05, 0) is 59.2 Å². The summed E-state index contributed by atoms with van der Waals surface area (Å²) in [6.45, 7) is 4.17. The molecule has 0 fully saturated rings. The Labute approximate surface area is 149 Å². The van der Waals surface area contributed by atoms with Crippen molar-refractivity contribution in [1.29, 1.82) is 0 Å². The van der Waals surface area contributed by atoms with E-state index in [1.807, 2.05) is 18.2 Å². The van der Waals surface area contributed by atoms with E-state index >= 15 is 0 Å². The van der Waals surface area contributed by atoms with Gasteiger partial charge in [-0.3, -0.25) is 0 Å². The maximum Gasteiger partial charge on any atom is 0.129 e. The van der Waals surface area contributed by atoms with Crippen molar-refractivity contribution in [3.8, 4) is 11.5 Å². The summed E-state index contributed by atoms with van der Waals surface area (Å²) >= 11 is 6.54. The highest BCUT2D eigenvalue weighted by atomic mass is 35.5. The van der Waals surface area contributed by atoms with Crippen molar-refractivity contribution in [2.45, 2.75) is 38.5 Å². The van der Waals surface area contributed by atoms with Crippen molar-refractivity contribution in [2.24, 2.45) is 0 Å². The van der Waals surface area contributed by atoms with Gasteiger partial charge < -0.3 is 14.7 Å². The highest BCUT2D eigenvalue weighted by molar-refractivity contribution is 7.30. The second-order valence-corrected chi connectivity index (χ2v) is 7.50. The molecule has 1 aliphatic carbocycles. The molecular weight excluding hydrogens is 343 g/mol. The van der Waals surface area contributed by atoms with Gasteiger partial charge in [-0.15, -0.1) is 0 Å². The van der Waals surface area contributed by atoms with Gasteiger partial charge in [0.05, 0.1) is 0 Å². The Morgan fingerprint density at radius 1 is 1.29 bits per heavy atom. The molecule has 2 aromatic rings. The van der Waals surface area contributed by atoms with E-state index in [-0.39, 0.29) is 20.6 Å². The molecule has 0 aliphatic heterocycles. The number of aromatic hydroxyl groups is 1. The van der Waals surface area contributed by atoms with Crippen molar-refractivity contribution < 1.29 is 14.7 Å². The van der Waals surface area contributed by atoms with Crippen LogP contribution in [0.4, 0.5) is 0 Å². The minimum absolute atomic E-state index is 0.231. The molecule has 0 saturated heterocycles. The van der Waals surface area contributed by atoms with E-state index in [2.05, 4.69) is 19.9 Å². The number of aryl methyl sites for hydroxylation is 1. The summed E-state index contributed by atoms with van der Waals surface area (Å²) in [5, 5.41) is 10.8. The molecule has 0 aromatic heterocycles. The second-order valence-electron chi connectivity index (χ2n) is 6.49. The molecule has 128 valence electrons. The summed E-state index contributed by atoms with van der Waals surface area (Å²) < 4.78 is 5.51. The number of hydrogen-bond acceptors (Lipinski definition) is 3. The molecule has 5 heteroatoms. The van der Waals surface area contributed by atoms with Crippen LogP contribution in [0.3, 0.4) is 0 Å². The van der Waals surface area contributed by atoms with E-state index in [0.29, 0.717) is 17.1 Å². The van der Waals surface area contributed by atoms with Gasteiger partial charge in [-0.2, -0.15) is 0 Å². The lowest BCUT2D eigenvalue weighted by Crippen LogP contribution is -2.00. The molecule has 3 nitrogen and oxygen atoms in total. The lowest BCUT2D eigenvalue weighted by atomic mass is 9.89. The van der Waals surface area contributed by atoms with Crippen LogP contribution in [-0.2, 0) is 6.42 Å². The third kappa shape index (κ3) is 3.39. The topological polar surface area (TPSA) is 49.7 Å². The maximum atomic E-state index is 10.1. The summed E-state index contributed by atoms with van der Waals surface area (Å²) in [7, 11) is -0.231. The van der Waals surface area contributed by atoms with E-state index < -0.39 is 0 Å². The van der Waals surface area contributed by atoms with Crippen LogP contribution in [0.25, 0.3) is 0 Å². The predicted octanol–water partition coefficient (Wildman–Crippen LogP) is 5.17. The van der Waals surface area contributed by atoms with Crippen LogP contribution < -0.4 is 4.74 Å². The van der Waals surface area contributed by atoms with E-state index in [9.17, 15) is 5.11 Å². The van der Waals surface area contributed by atoms with Gasteiger partial charge >= 0.3 is 0 Å². The third-order valence-corrected chi connectivity index (χ3v) is 5.21. The first-order valence-electron chi connectivity index (χ1n) is 8.16. The van der Waals surface area contributed by atoms with Gasteiger partial charge in [0.15, 0.2) is 0 Å². The summed E-state index contributed by atoms with van der Waals surface area (Å²) in [6.07, 6.45) is 2.26. The monoisotopic (exact) mass is 364 g/mol. The van der Waals surface area contributed by atoms with Crippen LogP contribution in [0.15, 0.2) is 30.3 Å². The molecule has 0 bridgehead atoms. The molecule has 0 heterocycles. The average Bonchev–Trinajstić information content (AvgIpc) is 2.97. The molecule has 2 atom stereocenters. The second kappa shape index (κ2) is 7.31. The normalized spacial score (nSPS) is 17.0. The number of phenolic OH excluding ortho intramolecular Hbond substituents is 1. The standard InChI is InChI=1S/C19H22ClO3P/c1-11(2)16-8-12(4-6-18(16)21)15-5-3-13-7-14(23-10-24-22)9-17(20)19(13)15/h4,6-9,11,15,21-22,24H,3,5,10H2,1-2H3. The van der Waals surface area contributed by atoms with Crippen molar-refractivity contribution in [2.75, 3.05) is 6.35 Å². The van der Waals surface area contributed by atoms with Crippen LogP contribution in [0.2, 0.25) is 5.02 Å². The molecule has 1 aliphatic rings. The van der Waals surface area contributed by atoms with Crippen molar-refractivity contribution in [3.05, 3.63) is 57.6 Å². The fourth-order valence-corrected chi connectivity index (χ4v) is 4.06. The molecular formula is C19H22ClO3P. The molecule has 0 radical (unpaired) electrons. The number of benzene rings is 2. The Bertz CT molecular complexity index is 746. The third-order valence-electron chi connectivity index (χ3n) is 4.62. The first-order valence-corrected chi connectivity index (χ1v) is 9.69. The maximum absolute atomic E-state index is 10.1. The Hall–Kier alpha value is -1.28. The van der Waals surface area contributed by atoms with E-state index in [0.717, 1.165) is 29.7 Å². The summed E-state index contributed by atoms with van der Waals surface area (Å²) in [5.74, 6) is 1.59. The predicted molar refractivity (Wildman–Crippen MR) is 99.8 cm³/mol. The molecule has 3 rings (SSSR count). The molecule has 24 heavy (non-hydrogen) atoms. The van der Waals surface area contributed by atoms with Gasteiger partial charge in [0.1, 0.15) is 17.8 Å². The van der Waals surface area contributed by atoms with Gasteiger partial charge in [0.2, 0.25) is 0 Å². The lowest BCUT2D eigenvalue weighted by molar-refractivity contribution is 0.379. The minimum Gasteiger partial charge on any atom is -0.508 e. The molecule has 0 saturated carbocycles. The van der Waals surface area contributed by atoms with Crippen LogP contribution in [-0.4, -0.2) is 16.3 Å². The van der Waals surface area contributed by atoms with Crippen molar-refractivity contribution in [1.82, 2.24) is 0 Å². The van der Waals surface area contributed by atoms with Crippen LogP contribution >= 0.6 is 20.4 Å². The lowest BCUT2D eigenvalue weighted by Gasteiger charge is -2.18. The molecule has 0 spiro atoms. The number of phenols is 1. The first-order chi connectivity index (χ1) is 11.5. The zero-order valence-corrected chi connectivity index (χ0v) is 15.6. The number of rotatable bonds is 5. The smallest absolute Gasteiger partial charge is 0.129 e. The van der Waals surface area contributed by atoms with Gasteiger partial charge in [-0.1, -0.05) is 37.6 Å². The summed E-state index contributed by atoms with van der Waals surface area (Å²) in [6, 6.07) is 9.76. The SMILES string of the molecule is CC(C)c1cc(C2CCc3cc(OCPO)cc(Cl)c32)ccc1O. The van der Waals surface area contributed by atoms with E-state index in [1.54, 1.807) is 6.07 Å². The molecule has 2 aromatic carbocycles. The number of halogens is 1. The molecule has 2 unspecified atom stereocenters. The number of hydrogen-bond donors (Lipinski definition) is 2. The van der Waals surface area contributed by atoms with Gasteiger partial charge in [-0.25, -0.2) is 0 Å². The van der Waals surface area contributed by atoms with Crippen LogP contribution in [0.5, 0.6) is 11.5 Å². The Balaban J connectivity index is 1.96. The minimum atomic E-state index is -0.231. The highest BCUT2D eigenvalue weighted by Crippen LogP contribution is 2.45. The molecule has 2 N–H and O–H groups in total. The van der Waals surface area contributed by atoms with E-state index in [1.165, 1.54) is 11.1 Å². The van der Waals surface area contributed by atoms with Gasteiger partial charge in [0, 0.05) is 19.7 Å². The summed E-state index contributed by atoms with van der Waals surface area (Å²) in [5.41, 5.74) is 4.54. The van der Waals surface area contributed by atoms with Crippen LogP contribution in [0, 0.1) is 0 Å². The zero-order chi connectivity index (χ0) is 17.3. The zero-order valence-electron chi connectivity index (χ0n) is 13.8. The fourth-order valence-electron chi connectivity index (χ4n) is 3.47. The first kappa shape index (κ1) is 17.5. The van der Waals surface area contributed by atoms with E-state index in [4.69, 9.17) is 21.2 Å². The average molecular weight is 365 g/mol. The van der Waals surface area contributed by atoms with Crippen molar-refractivity contribution in [3.63, 3.8) is 0 Å². The Kier molecular flexibility index (Phi) is 5.34. The molecule has 0 amide bonds. The summed E-state index contributed by atoms with van der Waals surface area (Å²) in [4.78, 5) is 8.92. The highest BCUT2D eigenvalue weighted by Gasteiger charge is 2.28. The number of fused-ring (bicyclic) bond motifs is 1.